The topological polar surface area (TPSA) is 123 Å². The van der Waals surface area contributed by atoms with Crippen LogP contribution in [0.5, 0.6) is 0 Å². The first-order valence-electron chi connectivity index (χ1n) is 9.87. The summed E-state index contributed by atoms with van der Waals surface area (Å²) < 4.78 is 6.39. The van der Waals surface area contributed by atoms with E-state index < -0.39 is 23.8 Å². The smallest absolute Gasteiger partial charge is 0.338 e. The van der Waals surface area contributed by atoms with E-state index in [0.717, 1.165) is 0 Å². The van der Waals surface area contributed by atoms with Gasteiger partial charge in [0.05, 0.1) is 39.4 Å². The van der Waals surface area contributed by atoms with Crippen molar-refractivity contribution in [3.8, 4) is 5.69 Å². The van der Waals surface area contributed by atoms with E-state index in [1.165, 1.54) is 47.4 Å². The van der Waals surface area contributed by atoms with E-state index in [2.05, 4.69) is 15.4 Å². The van der Waals surface area contributed by atoms with Crippen LogP contribution in [0.4, 0.5) is 0 Å². The van der Waals surface area contributed by atoms with Gasteiger partial charge in [0.15, 0.2) is 0 Å². The highest BCUT2D eigenvalue weighted by molar-refractivity contribution is 6.40. The predicted octanol–water partition coefficient (Wildman–Crippen LogP) is 3.66. The molecule has 1 atom stereocenters. The summed E-state index contributed by atoms with van der Waals surface area (Å²) in [5.74, 6) is -2.77. The van der Waals surface area contributed by atoms with Gasteiger partial charge in [-0.2, -0.15) is 5.10 Å². The molecule has 0 bridgehead atoms. The Morgan fingerprint density at radius 2 is 1.79 bits per heavy atom. The van der Waals surface area contributed by atoms with Crippen LogP contribution < -0.4 is 5.32 Å². The highest BCUT2D eigenvalue weighted by Gasteiger charge is 2.23. The molecule has 9 nitrogen and oxygen atoms in total. The molecule has 0 saturated carbocycles. The highest BCUT2D eigenvalue weighted by atomic mass is 35.5. The molecule has 1 amide bonds. The number of ether oxygens (including phenoxy) is 1. The molecule has 1 aromatic heterocycles. The molecule has 11 heteroatoms. The highest BCUT2D eigenvalue weighted by Crippen LogP contribution is 2.28. The number of rotatable bonds is 8. The fourth-order valence-corrected chi connectivity index (χ4v) is 3.72. The van der Waals surface area contributed by atoms with Crippen LogP contribution in [0.15, 0.2) is 42.7 Å². The fourth-order valence-electron chi connectivity index (χ4n) is 3.08. The molecule has 0 spiro atoms. The number of nitrogens with one attached hydrogen (secondary N) is 1. The van der Waals surface area contributed by atoms with Crippen molar-refractivity contribution in [2.45, 2.75) is 19.8 Å². The summed E-state index contributed by atoms with van der Waals surface area (Å²) >= 11 is 12.6. The van der Waals surface area contributed by atoms with E-state index in [9.17, 15) is 19.5 Å². The van der Waals surface area contributed by atoms with Crippen LogP contribution >= 0.6 is 23.2 Å². The number of nitrogens with zero attached hydrogens (tertiary/aromatic N) is 3. The van der Waals surface area contributed by atoms with Crippen LogP contribution in [-0.2, 0) is 9.53 Å². The minimum atomic E-state index is -1.15. The molecule has 2 N–H and O–H groups in total. The molecular formula is C22H20Cl2N4O5. The Kier molecular flexibility index (Phi) is 7.67. The van der Waals surface area contributed by atoms with Gasteiger partial charge < -0.3 is 15.2 Å². The molecule has 1 heterocycles. The first-order chi connectivity index (χ1) is 15.7. The Hall–Kier alpha value is -3.43. The number of benzene rings is 2. The average molecular weight is 491 g/mol. The number of aryl methyl sites for hydroxylation is 1. The van der Waals surface area contributed by atoms with Crippen LogP contribution in [0.25, 0.3) is 5.69 Å². The molecule has 0 radical (unpaired) electrons. The number of carboxylic acids is 1. The second-order valence-corrected chi connectivity index (χ2v) is 7.78. The minimum Gasteiger partial charge on any atom is -0.481 e. The molecular weight excluding hydrogens is 471 g/mol. The first-order valence-corrected chi connectivity index (χ1v) is 10.6. The number of hydrogen-bond donors (Lipinski definition) is 2. The second-order valence-electron chi connectivity index (χ2n) is 6.96. The van der Waals surface area contributed by atoms with Gasteiger partial charge in [0, 0.05) is 6.54 Å². The van der Waals surface area contributed by atoms with Gasteiger partial charge in [-0.3, -0.25) is 9.59 Å². The summed E-state index contributed by atoms with van der Waals surface area (Å²) in [5.41, 5.74) is 1.24. The first kappa shape index (κ1) is 24.2. The maximum absolute atomic E-state index is 12.7. The van der Waals surface area contributed by atoms with Gasteiger partial charge in [0.25, 0.3) is 5.91 Å². The summed E-state index contributed by atoms with van der Waals surface area (Å²) in [5, 5.41) is 16.5. The van der Waals surface area contributed by atoms with Crippen molar-refractivity contribution in [2.24, 2.45) is 0 Å². The number of halogens is 2. The Morgan fingerprint density at radius 1 is 1.15 bits per heavy atom. The fraction of sp³-hybridized carbons (Fsp3) is 0.227. The van der Waals surface area contributed by atoms with Gasteiger partial charge in [-0.25, -0.2) is 14.5 Å². The lowest BCUT2D eigenvalue weighted by atomic mass is 9.97. The van der Waals surface area contributed by atoms with E-state index in [0.29, 0.717) is 22.6 Å². The van der Waals surface area contributed by atoms with Crippen molar-refractivity contribution < 1.29 is 24.2 Å². The van der Waals surface area contributed by atoms with Crippen molar-refractivity contribution in [2.75, 3.05) is 13.2 Å². The van der Waals surface area contributed by atoms with Crippen LogP contribution in [-0.4, -0.2) is 50.9 Å². The second kappa shape index (κ2) is 10.5. The van der Waals surface area contributed by atoms with Crippen LogP contribution in [0.2, 0.25) is 10.0 Å². The summed E-state index contributed by atoms with van der Waals surface area (Å²) in [7, 11) is 0. The number of carbonyl (C=O) groups excluding carboxylic acids is 2. The van der Waals surface area contributed by atoms with Gasteiger partial charge >= 0.3 is 11.9 Å². The average Bonchev–Trinajstić information content (AvgIpc) is 3.20. The van der Waals surface area contributed by atoms with Gasteiger partial charge in [-0.05, 0) is 43.7 Å². The molecule has 33 heavy (non-hydrogen) atoms. The van der Waals surface area contributed by atoms with Crippen LogP contribution in [0.1, 0.15) is 44.9 Å². The number of carboxylic acid groups (broad SMARTS) is 1. The molecule has 0 aliphatic carbocycles. The normalized spacial score (nSPS) is 11.6. The van der Waals surface area contributed by atoms with E-state index >= 15 is 0 Å². The van der Waals surface area contributed by atoms with E-state index in [4.69, 9.17) is 27.9 Å². The SMILES string of the molecule is CCOC(=O)c1ccc(C(CNC(=O)c2c(Cl)cc(-n3cnc(C)n3)cc2Cl)C(=O)O)cc1. The molecule has 172 valence electrons. The van der Waals surface area contributed by atoms with Crippen molar-refractivity contribution in [3.63, 3.8) is 0 Å². The van der Waals surface area contributed by atoms with Gasteiger partial charge in [-0.1, -0.05) is 35.3 Å². The van der Waals surface area contributed by atoms with E-state index in [1.54, 1.807) is 13.8 Å². The molecule has 2 aromatic carbocycles. The summed E-state index contributed by atoms with van der Waals surface area (Å²) in [6.07, 6.45) is 1.49. The third kappa shape index (κ3) is 5.68. The molecule has 3 rings (SSSR count). The van der Waals surface area contributed by atoms with Crippen molar-refractivity contribution in [1.82, 2.24) is 20.1 Å². The Balaban J connectivity index is 1.75. The minimum absolute atomic E-state index is 0.0146. The maximum Gasteiger partial charge on any atom is 0.338 e. The zero-order valence-corrected chi connectivity index (χ0v) is 19.2. The third-order valence-corrected chi connectivity index (χ3v) is 5.31. The number of hydrogen-bond acceptors (Lipinski definition) is 6. The quantitative estimate of drug-likeness (QED) is 0.461. The Labute approximate surface area is 199 Å². The predicted molar refractivity (Wildman–Crippen MR) is 121 cm³/mol. The third-order valence-electron chi connectivity index (χ3n) is 4.71. The molecule has 0 aliphatic heterocycles. The lowest BCUT2D eigenvalue weighted by molar-refractivity contribution is -0.138. The monoisotopic (exact) mass is 490 g/mol. The summed E-state index contributed by atoms with van der Waals surface area (Å²) in [6.45, 7) is 3.43. The number of aliphatic carboxylic acids is 1. The largest absolute Gasteiger partial charge is 0.481 e. The molecule has 0 saturated heterocycles. The van der Waals surface area contributed by atoms with Crippen molar-refractivity contribution in [1.29, 1.82) is 0 Å². The van der Waals surface area contributed by atoms with Crippen LogP contribution in [0, 0.1) is 6.92 Å². The van der Waals surface area contributed by atoms with Gasteiger partial charge in [0.1, 0.15) is 12.2 Å². The van der Waals surface area contributed by atoms with Gasteiger partial charge in [-0.15, -0.1) is 0 Å². The zero-order chi connectivity index (χ0) is 24.1. The Morgan fingerprint density at radius 3 is 2.30 bits per heavy atom. The number of aromatic nitrogens is 3. The number of amides is 1. The van der Waals surface area contributed by atoms with E-state index in [-0.39, 0.29) is 28.8 Å². The standard InChI is InChI=1S/C22H20Cl2N4O5/c1-3-33-22(32)14-6-4-13(5-7-14)16(21(30)31)10-25-20(29)19-17(23)8-15(9-18(19)24)28-11-26-12(2)27-28/h4-9,11,16H,3,10H2,1-2H3,(H,25,29)(H,30,31). The lowest BCUT2D eigenvalue weighted by Gasteiger charge is -2.16. The van der Waals surface area contributed by atoms with Crippen LogP contribution in [0.3, 0.4) is 0 Å². The van der Waals surface area contributed by atoms with Crippen molar-refractivity contribution in [3.05, 3.63) is 75.3 Å². The molecule has 0 fully saturated rings. The van der Waals surface area contributed by atoms with E-state index in [1.807, 2.05) is 0 Å². The molecule has 1 unspecified atom stereocenters. The number of esters is 1. The maximum atomic E-state index is 12.7. The van der Waals surface area contributed by atoms with Gasteiger partial charge in [0.2, 0.25) is 0 Å². The Bertz CT molecular complexity index is 1170. The lowest BCUT2D eigenvalue weighted by Crippen LogP contribution is -2.32. The molecule has 0 aliphatic rings. The summed E-state index contributed by atoms with van der Waals surface area (Å²) in [4.78, 5) is 40.4. The summed E-state index contributed by atoms with van der Waals surface area (Å²) in [6, 6.07) is 8.99. The molecule has 3 aromatic rings. The zero-order valence-electron chi connectivity index (χ0n) is 17.7. The van der Waals surface area contributed by atoms with Crippen molar-refractivity contribution >= 4 is 41.0 Å². The number of carbonyl (C=O) groups is 3.